The highest BCUT2D eigenvalue weighted by atomic mass is 79.9. The van der Waals surface area contributed by atoms with E-state index in [0.29, 0.717) is 23.4 Å². The van der Waals surface area contributed by atoms with Gasteiger partial charge in [0, 0.05) is 0 Å². The molecule has 7 heteroatoms. The minimum atomic E-state index is -3.66. The average molecular weight is 446 g/mol. The van der Waals surface area contributed by atoms with E-state index >= 15 is 0 Å². The van der Waals surface area contributed by atoms with E-state index in [0.717, 1.165) is 32.1 Å². The molecular weight excluding hydrogens is 411 g/mol. The van der Waals surface area contributed by atoms with E-state index in [2.05, 4.69) is 29.8 Å². The van der Waals surface area contributed by atoms with Gasteiger partial charge in [-0.3, -0.25) is 0 Å². The van der Waals surface area contributed by atoms with Crippen LogP contribution in [-0.2, 0) is 0 Å². The van der Waals surface area contributed by atoms with E-state index < -0.39 is 6.75 Å². The van der Waals surface area contributed by atoms with Crippen LogP contribution in [0.2, 0.25) is 0 Å². The van der Waals surface area contributed by atoms with Crippen molar-refractivity contribution in [1.82, 2.24) is 0 Å². The van der Waals surface area contributed by atoms with Gasteiger partial charge in [0.25, 0.3) is 0 Å². The van der Waals surface area contributed by atoms with Crippen molar-refractivity contribution in [3.05, 3.63) is 16.6 Å². The largest absolute Gasteiger partial charge is 0.556 e. The Balaban J connectivity index is 2.65. The van der Waals surface area contributed by atoms with Gasteiger partial charge >= 0.3 is 6.75 Å². The highest BCUT2D eigenvalue weighted by molar-refractivity contribution is 9.10. The summed E-state index contributed by atoms with van der Waals surface area (Å²) >= 11 is 3.44. The molecule has 0 amide bonds. The summed E-state index contributed by atoms with van der Waals surface area (Å²) in [6, 6.07) is 3.08. The molecule has 0 aliphatic heterocycles. The second-order valence-electron chi connectivity index (χ2n) is 7.08. The number of unbranched alkanes of at least 4 members (excludes halogenated alkanes) is 8. The fraction of sp³-hybridized carbons (Fsp3) is 0.700. The van der Waals surface area contributed by atoms with E-state index in [1.54, 1.807) is 6.07 Å². The summed E-state index contributed by atoms with van der Waals surface area (Å²) in [4.78, 5) is 0. The van der Waals surface area contributed by atoms with E-state index in [1.807, 2.05) is 0 Å². The number of hydrogen-bond acceptors (Lipinski definition) is 5. The van der Waals surface area contributed by atoms with Gasteiger partial charge in [0.2, 0.25) is 0 Å². The molecule has 0 radical (unpaired) electrons. The lowest BCUT2D eigenvalue weighted by molar-refractivity contribution is 0.244. The molecule has 0 bridgehead atoms. The van der Waals surface area contributed by atoms with Gasteiger partial charge in [-0.05, 0) is 40.9 Å². The van der Waals surface area contributed by atoms with Crippen molar-refractivity contribution < 1.29 is 24.5 Å². The molecule has 5 nitrogen and oxygen atoms in total. The van der Waals surface area contributed by atoms with Crippen molar-refractivity contribution in [3.8, 4) is 11.5 Å². The molecule has 0 aliphatic carbocycles. The Morgan fingerprint density at radius 1 is 0.741 bits per heavy atom. The zero-order valence-corrected chi connectivity index (χ0v) is 18.3. The van der Waals surface area contributed by atoms with Crippen molar-refractivity contribution in [1.29, 1.82) is 0 Å². The van der Waals surface area contributed by atoms with Crippen LogP contribution >= 0.6 is 15.9 Å². The van der Waals surface area contributed by atoms with E-state index in [9.17, 15) is 15.1 Å². The Kier molecular flexibility index (Phi) is 12.1. The highest BCUT2D eigenvalue weighted by Gasteiger charge is 2.25. The third-order valence-corrected chi connectivity index (χ3v) is 5.11. The maximum absolute atomic E-state index is 9.75. The third kappa shape index (κ3) is 9.83. The number of benzene rings is 1. The van der Waals surface area contributed by atoms with Crippen molar-refractivity contribution in [3.63, 3.8) is 0 Å². The van der Waals surface area contributed by atoms with Crippen LogP contribution in [0.3, 0.4) is 0 Å². The molecule has 0 unspecified atom stereocenters. The zero-order valence-electron chi connectivity index (χ0n) is 16.8. The van der Waals surface area contributed by atoms with Crippen LogP contribution in [0.5, 0.6) is 11.5 Å². The molecule has 1 aromatic rings. The predicted molar refractivity (Wildman–Crippen MR) is 115 cm³/mol. The third-order valence-electron chi connectivity index (χ3n) is 4.49. The van der Waals surface area contributed by atoms with Gasteiger partial charge in [-0.2, -0.15) is 0 Å². The maximum Gasteiger partial charge on any atom is 0.406 e. The average Bonchev–Trinajstić information content (AvgIpc) is 2.61. The van der Waals surface area contributed by atoms with E-state index in [4.69, 9.17) is 9.47 Å². The lowest BCUT2D eigenvalue weighted by Crippen LogP contribution is -2.49. The first-order valence-electron chi connectivity index (χ1n) is 10.3. The van der Waals surface area contributed by atoms with Crippen LogP contribution in [0.15, 0.2) is 16.6 Å². The summed E-state index contributed by atoms with van der Waals surface area (Å²) in [7, 11) is 0. The molecule has 27 heavy (non-hydrogen) atoms. The molecular formula is C20H35BBrO5-. The molecule has 0 heterocycles. The first-order valence-corrected chi connectivity index (χ1v) is 11.1. The van der Waals surface area contributed by atoms with Gasteiger partial charge in [0.05, 0.1) is 23.4 Å². The van der Waals surface area contributed by atoms with Crippen LogP contribution in [0.1, 0.15) is 78.1 Å². The Morgan fingerprint density at radius 2 is 1.22 bits per heavy atom. The van der Waals surface area contributed by atoms with Gasteiger partial charge in [0.15, 0.2) is 0 Å². The molecule has 0 aromatic heterocycles. The second-order valence-corrected chi connectivity index (χ2v) is 7.93. The number of hydrogen-bond donors (Lipinski definition) is 3. The summed E-state index contributed by atoms with van der Waals surface area (Å²) in [5.74, 6) is 0.736. The first-order chi connectivity index (χ1) is 12.9. The van der Waals surface area contributed by atoms with Gasteiger partial charge in [0.1, 0.15) is 5.75 Å². The minimum Gasteiger partial charge on any atom is -0.556 e. The Labute approximate surface area is 172 Å². The molecule has 1 rings (SSSR count). The molecule has 0 saturated carbocycles. The van der Waals surface area contributed by atoms with Gasteiger partial charge in [-0.25, -0.2) is 0 Å². The van der Waals surface area contributed by atoms with E-state index in [-0.39, 0.29) is 11.2 Å². The lowest BCUT2D eigenvalue weighted by Gasteiger charge is -2.26. The molecule has 1 aromatic carbocycles. The predicted octanol–water partition coefficient (Wildman–Crippen LogP) is 4.27. The highest BCUT2D eigenvalue weighted by Crippen LogP contribution is 2.29. The van der Waals surface area contributed by atoms with Gasteiger partial charge in [-0.15, -0.1) is 0 Å². The van der Waals surface area contributed by atoms with Crippen LogP contribution < -0.4 is 14.9 Å². The summed E-state index contributed by atoms with van der Waals surface area (Å²) in [5, 5.41) is 29.2. The molecule has 156 valence electrons. The van der Waals surface area contributed by atoms with Gasteiger partial charge < -0.3 is 24.5 Å². The topological polar surface area (TPSA) is 79.2 Å². The summed E-state index contributed by atoms with van der Waals surface area (Å²) in [6.07, 6.45) is 11.2. The standard InChI is InChI=1S/C20H35BBrO5/c1-3-5-7-9-11-13-26-19-16-18(22)20(15-17(19)21(23,24)25)27-14-12-10-8-6-4-2/h15-16,23-25H,3-14H2,1-2H3/q-1. The second kappa shape index (κ2) is 13.4. The number of rotatable bonds is 15. The molecule has 0 aliphatic rings. The Hall–Kier alpha value is -0.755. The van der Waals surface area contributed by atoms with Crippen LogP contribution in [-0.4, -0.2) is 35.0 Å². The molecule has 3 N–H and O–H groups in total. The monoisotopic (exact) mass is 445 g/mol. The molecule has 0 saturated heterocycles. The summed E-state index contributed by atoms with van der Waals surface area (Å²) < 4.78 is 12.1. The molecule has 0 atom stereocenters. The van der Waals surface area contributed by atoms with Crippen molar-refractivity contribution >= 4 is 28.1 Å². The van der Waals surface area contributed by atoms with Crippen LogP contribution in [0.25, 0.3) is 0 Å². The van der Waals surface area contributed by atoms with Crippen molar-refractivity contribution in [2.75, 3.05) is 13.2 Å². The first kappa shape index (κ1) is 24.3. The SMILES string of the molecule is CCCCCCCOc1cc([B-](O)(O)O)c(OCCCCCCC)cc1Br. The van der Waals surface area contributed by atoms with Crippen LogP contribution in [0.4, 0.5) is 0 Å². The number of halogens is 1. The molecule has 0 spiro atoms. The zero-order chi connectivity index (χ0) is 20.1. The number of ether oxygens (including phenoxy) is 2. The molecule has 0 fully saturated rings. The fourth-order valence-corrected chi connectivity index (χ4v) is 3.30. The quantitative estimate of drug-likeness (QED) is 0.277. The van der Waals surface area contributed by atoms with Gasteiger partial charge in [-0.1, -0.05) is 70.7 Å². The maximum atomic E-state index is 9.75. The van der Waals surface area contributed by atoms with E-state index in [1.165, 1.54) is 38.2 Å². The Bertz CT molecular complexity index is 534. The van der Waals surface area contributed by atoms with Crippen molar-refractivity contribution in [2.24, 2.45) is 0 Å². The van der Waals surface area contributed by atoms with Crippen LogP contribution in [0, 0.1) is 0 Å². The normalized spacial score (nSPS) is 11.6. The smallest absolute Gasteiger partial charge is 0.406 e. The van der Waals surface area contributed by atoms with Crippen molar-refractivity contribution in [2.45, 2.75) is 78.1 Å². The Morgan fingerprint density at radius 3 is 1.70 bits per heavy atom. The summed E-state index contributed by atoms with van der Waals surface area (Å²) in [5.41, 5.74) is -0.0484. The fourth-order valence-electron chi connectivity index (χ4n) is 2.86. The lowest BCUT2D eigenvalue weighted by atomic mass is 9.70. The minimum absolute atomic E-state index is 0.0484. The summed E-state index contributed by atoms with van der Waals surface area (Å²) in [6.45, 7) is 1.69.